The maximum atomic E-state index is 11.6. The standard InChI is InChI=1S/C16H25N3O2/c1-10(2)9-13-5-7-14(8-6-13)11(3)18-12(4)15(20)19-16(17)21/h5-8,10-12,18H,9H2,1-4H3,(H3,17,19,20,21)/t11-,12+/m0/s1. The number of amides is 3. The van der Waals surface area contributed by atoms with Crippen molar-refractivity contribution in [1.82, 2.24) is 10.6 Å². The van der Waals surface area contributed by atoms with Crippen LogP contribution in [-0.2, 0) is 11.2 Å². The lowest BCUT2D eigenvalue weighted by atomic mass is 9.99. The van der Waals surface area contributed by atoms with Crippen molar-refractivity contribution in [2.75, 3.05) is 0 Å². The van der Waals surface area contributed by atoms with E-state index in [4.69, 9.17) is 5.73 Å². The van der Waals surface area contributed by atoms with Crippen molar-refractivity contribution in [2.45, 2.75) is 46.2 Å². The third-order valence-electron chi connectivity index (χ3n) is 3.26. The van der Waals surface area contributed by atoms with Crippen molar-refractivity contribution < 1.29 is 9.59 Å². The van der Waals surface area contributed by atoms with Gasteiger partial charge >= 0.3 is 6.03 Å². The third kappa shape index (κ3) is 5.95. The molecule has 1 aromatic carbocycles. The molecule has 0 saturated heterocycles. The molecular weight excluding hydrogens is 266 g/mol. The molecule has 3 amide bonds. The molecule has 0 unspecified atom stereocenters. The van der Waals surface area contributed by atoms with Crippen LogP contribution < -0.4 is 16.4 Å². The molecule has 4 N–H and O–H groups in total. The van der Waals surface area contributed by atoms with Crippen LogP contribution in [0, 0.1) is 5.92 Å². The molecule has 5 heteroatoms. The lowest BCUT2D eigenvalue weighted by molar-refractivity contribution is -0.121. The number of benzene rings is 1. The highest BCUT2D eigenvalue weighted by atomic mass is 16.2. The topological polar surface area (TPSA) is 84.2 Å². The Bertz CT molecular complexity index is 483. The summed E-state index contributed by atoms with van der Waals surface area (Å²) in [4.78, 5) is 22.3. The van der Waals surface area contributed by atoms with E-state index in [1.165, 1.54) is 5.56 Å². The summed E-state index contributed by atoms with van der Waals surface area (Å²) < 4.78 is 0. The van der Waals surface area contributed by atoms with Gasteiger partial charge in [-0.1, -0.05) is 38.1 Å². The zero-order valence-electron chi connectivity index (χ0n) is 13.1. The first kappa shape index (κ1) is 17.2. The van der Waals surface area contributed by atoms with Crippen LogP contribution in [-0.4, -0.2) is 18.0 Å². The Hall–Kier alpha value is -1.88. The number of urea groups is 1. The Labute approximate surface area is 126 Å². The Morgan fingerprint density at radius 1 is 1.10 bits per heavy atom. The predicted molar refractivity (Wildman–Crippen MR) is 83.7 cm³/mol. The highest BCUT2D eigenvalue weighted by Gasteiger charge is 2.17. The van der Waals surface area contributed by atoms with Gasteiger partial charge in [0.15, 0.2) is 0 Å². The second-order valence-electron chi connectivity index (χ2n) is 5.80. The normalized spacial score (nSPS) is 13.8. The molecule has 21 heavy (non-hydrogen) atoms. The molecule has 1 aromatic rings. The minimum absolute atomic E-state index is 0.00623. The number of hydrogen-bond donors (Lipinski definition) is 3. The average Bonchev–Trinajstić information content (AvgIpc) is 2.37. The molecule has 1 rings (SSSR count). The summed E-state index contributed by atoms with van der Waals surface area (Å²) in [6, 6.07) is 7.03. The zero-order valence-corrected chi connectivity index (χ0v) is 13.1. The van der Waals surface area contributed by atoms with Crippen molar-refractivity contribution >= 4 is 11.9 Å². The van der Waals surface area contributed by atoms with E-state index in [-0.39, 0.29) is 6.04 Å². The zero-order chi connectivity index (χ0) is 16.0. The van der Waals surface area contributed by atoms with E-state index in [1.54, 1.807) is 6.92 Å². The molecule has 0 heterocycles. The molecule has 0 spiro atoms. The maximum Gasteiger partial charge on any atom is 0.318 e. The molecule has 0 aliphatic heterocycles. The van der Waals surface area contributed by atoms with Crippen molar-refractivity contribution in [3.05, 3.63) is 35.4 Å². The molecule has 2 atom stereocenters. The lowest BCUT2D eigenvalue weighted by Crippen LogP contribution is -2.47. The number of nitrogens with one attached hydrogen (secondary N) is 2. The molecule has 0 aliphatic carbocycles. The van der Waals surface area contributed by atoms with Gasteiger partial charge in [-0.25, -0.2) is 4.79 Å². The van der Waals surface area contributed by atoms with Gasteiger partial charge in [0.1, 0.15) is 0 Å². The molecule has 5 nitrogen and oxygen atoms in total. The SMILES string of the molecule is CC(C)Cc1ccc([C@H](C)N[C@H](C)C(=O)NC(N)=O)cc1. The van der Waals surface area contributed by atoms with Gasteiger partial charge in [-0.15, -0.1) is 0 Å². The highest BCUT2D eigenvalue weighted by Crippen LogP contribution is 2.16. The summed E-state index contributed by atoms with van der Waals surface area (Å²) in [7, 11) is 0. The Morgan fingerprint density at radius 2 is 1.67 bits per heavy atom. The van der Waals surface area contributed by atoms with Gasteiger partial charge in [-0.2, -0.15) is 0 Å². The van der Waals surface area contributed by atoms with Crippen molar-refractivity contribution in [1.29, 1.82) is 0 Å². The minimum atomic E-state index is -0.834. The second kappa shape index (κ2) is 7.78. The van der Waals surface area contributed by atoms with Crippen LogP contribution in [0.25, 0.3) is 0 Å². The Kier molecular flexibility index (Phi) is 6.37. The largest absolute Gasteiger partial charge is 0.351 e. The summed E-state index contributed by atoms with van der Waals surface area (Å²) >= 11 is 0. The van der Waals surface area contributed by atoms with Gasteiger partial charge < -0.3 is 5.73 Å². The van der Waals surface area contributed by atoms with Crippen LogP contribution in [0.3, 0.4) is 0 Å². The first-order valence-corrected chi connectivity index (χ1v) is 7.24. The first-order valence-electron chi connectivity index (χ1n) is 7.24. The van der Waals surface area contributed by atoms with Crippen LogP contribution in [0.2, 0.25) is 0 Å². The van der Waals surface area contributed by atoms with E-state index in [0.717, 1.165) is 12.0 Å². The second-order valence-corrected chi connectivity index (χ2v) is 5.80. The minimum Gasteiger partial charge on any atom is -0.351 e. The first-order chi connectivity index (χ1) is 9.79. The Balaban J connectivity index is 2.60. The van der Waals surface area contributed by atoms with Crippen LogP contribution in [0.4, 0.5) is 4.79 Å². The molecule has 0 aromatic heterocycles. The predicted octanol–water partition coefficient (Wildman–Crippen LogP) is 2.12. The van der Waals surface area contributed by atoms with Gasteiger partial charge in [0.25, 0.3) is 0 Å². The number of hydrogen-bond acceptors (Lipinski definition) is 3. The van der Waals surface area contributed by atoms with Crippen LogP contribution in [0.15, 0.2) is 24.3 Å². The third-order valence-corrected chi connectivity index (χ3v) is 3.26. The van der Waals surface area contributed by atoms with Gasteiger partial charge in [-0.05, 0) is 37.3 Å². The average molecular weight is 291 g/mol. The number of rotatable bonds is 6. The van der Waals surface area contributed by atoms with E-state index in [9.17, 15) is 9.59 Å². The van der Waals surface area contributed by atoms with Crippen molar-refractivity contribution in [3.8, 4) is 0 Å². The molecule has 0 aliphatic rings. The fourth-order valence-electron chi connectivity index (χ4n) is 2.19. The molecular formula is C16H25N3O2. The van der Waals surface area contributed by atoms with E-state index >= 15 is 0 Å². The Morgan fingerprint density at radius 3 is 2.14 bits per heavy atom. The van der Waals surface area contributed by atoms with E-state index in [0.29, 0.717) is 5.92 Å². The molecule has 116 valence electrons. The van der Waals surface area contributed by atoms with E-state index < -0.39 is 18.0 Å². The molecule has 0 bridgehead atoms. The van der Waals surface area contributed by atoms with E-state index in [1.807, 2.05) is 6.92 Å². The highest BCUT2D eigenvalue weighted by molar-refractivity contribution is 5.96. The summed E-state index contributed by atoms with van der Waals surface area (Å²) in [5, 5.41) is 5.21. The van der Waals surface area contributed by atoms with Gasteiger partial charge in [0.05, 0.1) is 6.04 Å². The summed E-state index contributed by atoms with van der Waals surface area (Å²) in [5.74, 6) is 0.203. The van der Waals surface area contributed by atoms with Crippen molar-refractivity contribution in [2.24, 2.45) is 11.7 Å². The molecule has 0 fully saturated rings. The summed E-state index contributed by atoms with van der Waals surface area (Å²) in [5.41, 5.74) is 7.34. The summed E-state index contributed by atoms with van der Waals surface area (Å²) in [6.07, 6.45) is 1.06. The number of primary amides is 1. The van der Waals surface area contributed by atoms with E-state index in [2.05, 4.69) is 48.7 Å². The van der Waals surface area contributed by atoms with Gasteiger partial charge in [-0.3, -0.25) is 15.4 Å². The fraction of sp³-hybridized carbons (Fsp3) is 0.500. The van der Waals surface area contributed by atoms with Crippen LogP contribution in [0.1, 0.15) is 44.9 Å². The number of carbonyl (C=O) groups excluding carboxylic acids is 2. The van der Waals surface area contributed by atoms with Crippen molar-refractivity contribution in [3.63, 3.8) is 0 Å². The number of nitrogens with two attached hydrogens (primary N) is 1. The lowest BCUT2D eigenvalue weighted by Gasteiger charge is -2.19. The molecule has 0 radical (unpaired) electrons. The smallest absolute Gasteiger partial charge is 0.318 e. The quantitative estimate of drug-likeness (QED) is 0.750. The van der Waals surface area contributed by atoms with Crippen LogP contribution >= 0.6 is 0 Å². The number of carbonyl (C=O) groups is 2. The fourth-order valence-corrected chi connectivity index (χ4v) is 2.19. The summed E-state index contributed by atoms with van der Waals surface area (Å²) in [6.45, 7) is 8.06. The van der Waals surface area contributed by atoms with Gasteiger partial charge in [0, 0.05) is 6.04 Å². The molecule has 0 saturated carbocycles. The number of imide groups is 1. The monoisotopic (exact) mass is 291 g/mol. The maximum absolute atomic E-state index is 11.6. The van der Waals surface area contributed by atoms with Crippen LogP contribution in [0.5, 0.6) is 0 Å². The van der Waals surface area contributed by atoms with Gasteiger partial charge in [0.2, 0.25) is 5.91 Å².